The monoisotopic (exact) mass is 156 g/mol. The van der Waals surface area contributed by atoms with Gasteiger partial charge in [0, 0.05) is 0 Å². The predicted molar refractivity (Wildman–Crippen MR) is 49.6 cm³/mol. The lowest BCUT2D eigenvalue weighted by Crippen LogP contribution is -1.76. The first-order valence-corrected chi connectivity index (χ1v) is 4.67. The lowest BCUT2D eigenvalue weighted by Gasteiger charge is -1.95. The van der Waals surface area contributed by atoms with Crippen LogP contribution >= 0.6 is 0 Å². The minimum atomic E-state index is 0.189. The first-order valence-electron chi connectivity index (χ1n) is 4.67. The molecule has 1 heteroatoms. The van der Waals surface area contributed by atoms with Crippen molar-refractivity contribution in [3.05, 3.63) is 12.2 Å². The van der Waals surface area contributed by atoms with Crippen molar-refractivity contribution in [1.29, 1.82) is 0 Å². The molecule has 66 valence electrons. The molecular formula is C10H20O. The Bertz CT molecular complexity index is 86.9. The number of hydrogen-bond donors (Lipinski definition) is 1. The number of unbranched alkanes of at least 4 members (excludes halogenated alkanes) is 5. The summed E-state index contributed by atoms with van der Waals surface area (Å²) in [6.07, 6.45) is 11.7. The highest BCUT2D eigenvalue weighted by molar-refractivity contribution is 4.80. The van der Waals surface area contributed by atoms with Crippen LogP contribution in [0.25, 0.3) is 0 Å². The second kappa shape index (κ2) is 9.70. The van der Waals surface area contributed by atoms with E-state index in [1.807, 2.05) is 6.08 Å². The van der Waals surface area contributed by atoms with Gasteiger partial charge in [0.15, 0.2) is 0 Å². The van der Waals surface area contributed by atoms with Gasteiger partial charge in [-0.3, -0.25) is 0 Å². The highest BCUT2D eigenvalue weighted by Crippen LogP contribution is 2.04. The van der Waals surface area contributed by atoms with Crippen LogP contribution in [-0.4, -0.2) is 11.7 Å². The fraction of sp³-hybridized carbons (Fsp3) is 0.800. The topological polar surface area (TPSA) is 20.2 Å². The van der Waals surface area contributed by atoms with Crippen LogP contribution in [0.3, 0.4) is 0 Å². The van der Waals surface area contributed by atoms with Crippen molar-refractivity contribution < 1.29 is 5.11 Å². The van der Waals surface area contributed by atoms with Crippen LogP contribution in [0.5, 0.6) is 0 Å². The Kier molecular flexibility index (Phi) is 9.44. The molecule has 1 nitrogen and oxygen atoms in total. The minimum Gasteiger partial charge on any atom is -0.392 e. The maximum atomic E-state index is 8.42. The van der Waals surface area contributed by atoms with Gasteiger partial charge in [-0.15, -0.1) is 0 Å². The molecule has 0 aromatic heterocycles. The number of rotatable bonds is 7. The van der Waals surface area contributed by atoms with Crippen molar-refractivity contribution in [2.75, 3.05) is 6.61 Å². The molecule has 11 heavy (non-hydrogen) atoms. The molecule has 0 amide bonds. The van der Waals surface area contributed by atoms with E-state index in [0.717, 1.165) is 6.42 Å². The number of allylic oxidation sites excluding steroid dienone is 1. The summed E-state index contributed by atoms with van der Waals surface area (Å²) in [5.41, 5.74) is 0. The quantitative estimate of drug-likeness (QED) is 0.444. The average molecular weight is 156 g/mol. The van der Waals surface area contributed by atoms with Crippen LogP contribution in [0.4, 0.5) is 0 Å². The molecule has 0 saturated carbocycles. The summed E-state index contributed by atoms with van der Waals surface area (Å²) in [7, 11) is 0. The van der Waals surface area contributed by atoms with E-state index >= 15 is 0 Å². The van der Waals surface area contributed by atoms with Gasteiger partial charge in [-0.2, -0.15) is 0 Å². The molecular weight excluding hydrogens is 136 g/mol. The largest absolute Gasteiger partial charge is 0.392 e. The first-order chi connectivity index (χ1) is 5.41. The maximum absolute atomic E-state index is 8.42. The standard InChI is InChI=1S/C10H20O/c1-2-3-4-5-6-7-8-9-10-11/h8-9,11H,2-7,10H2,1H3. The Morgan fingerprint density at radius 2 is 1.73 bits per heavy atom. The van der Waals surface area contributed by atoms with E-state index in [1.165, 1.54) is 32.1 Å². The molecule has 0 atom stereocenters. The summed E-state index contributed by atoms with van der Waals surface area (Å²) in [5, 5.41) is 8.42. The third-order valence-corrected chi connectivity index (χ3v) is 1.75. The van der Waals surface area contributed by atoms with Crippen LogP contribution in [0.15, 0.2) is 12.2 Å². The van der Waals surface area contributed by atoms with Crippen LogP contribution in [0.1, 0.15) is 45.4 Å². The van der Waals surface area contributed by atoms with Crippen LogP contribution < -0.4 is 0 Å². The van der Waals surface area contributed by atoms with Crippen molar-refractivity contribution in [2.45, 2.75) is 45.4 Å². The van der Waals surface area contributed by atoms with E-state index in [-0.39, 0.29) is 6.61 Å². The lowest BCUT2D eigenvalue weighted by atomic mass is 10.1. The molecule has 0 aromatic carbocycles. The average Bonchev–Trinajstić information content (AvgIpc) is 2.03. The van der Waals surface area contributed by atoms with Gasteiger partial charge >= 0.3 is 0 Å². The first kappa shape index (κ1) is 10.7. The fourth-order valence-corrected chi connectivity index (χ4v) is 1.06. The van der Waals surface area contributed by atoms with Gasteiger partial charge in [0.25, 0.3) is 0 Å². The Morgan fingerprint density at radius 3 is 2.36 bits per heavy atom. The van der Waals surface area contributed by atoms with Crippen LogP contribution in [-0.2, 0) is 0 Å². The molecule has 0 fully saturated rings. The van der Waals surface area contributed by atoms with Crippen molar-refractivity contribution in [3.63, 3.8) is 0 Å². The van der Waals surface area contributed by atoms with E-state index in [4.69, 9.17) is 5.11 Å². The van der Waals surface area contributed by atoms with E-state index < -0.39 is 0 Å². The zero-order valence-corrected chi connectivity index (χ0v) is 7.55. The normalized spacial score (nSPS) is 11.1. The molecule has 0 aromatic rings. The molecule has 1 N–H and O–H groups in total. The van der Waals surface area contributed by atoms with E-state index in [2.05, 4.69) is 13.0 Å². The smallest absolute Gasteiger partial charge is 0.0612 e. The number of hydrogen-bond acceptors (Lipinski definition) is 1. The summed E-state index contributed by atoms with van der Waals surface area (Å²) in [4.78, 5) is 0. The lowest BCUT2D eigenvalue weighted by molar-refractivity contribution is 0.342. The number of aliphatic hydroxyl groups is 1. The van der Waals surface area contributed by atoms with Crippen LogP contribution in [0.2, 0.25) is 0 Å². The van der Waals surface area contributed by atoms with Gasteiger partial charge in [0.1, 0.15) is 0 Å². The summed E-state index contributed by atoms with van der Waals surface area (Å²) >= 11 is 0. The Morgan fingerprint density at radius 1 is 1.00 bits per heavy atom. The van der Waals surface area contributed by atoms with Crippen molar-refractivity contribution in [1.82, 2.24) is 0 Å². The summed E-state index contributed by atoms with van der Waals surface area (Å²) < 4.78 is 0. The molecule has 0 radical (unpaired) electrons. The highest BCUT2D eigenvalue weighted by atomic mass is 16.2. The Hall–Kier alpha value is -0.300. The summed E-state index contributed by atoms with van der Waals surface area (Å²) in [6, 6.07) is 0. The molecule has 0 saturated heterocycles. The van der Waals surface area contributed by atoms with Gasteiger partial charge in [-0.1, -0.05) is 44.8 Å². The van der Waals surface area contributed by atoms with E-state index in [0.29, 0.717) is 0 Å². The van der Waals surface area contributed by atoms with Gasteiger partial charge in [-0.25, -0.2) is 0 Å². The molecule has 0 aliphatic heterocycles. The highest BCUT2D eigenvalue weighted by Gasteiger charge is 1.85. The van der Waals surface area contributed by atoms with Gasteiger partial charge in [-0.05, 0) is 12.8 Å². The zero-order valence-electron chi connectivity index (χ0n) is 7.55. The van der Waals surface area contributed by atoms with Crippen molar-refractivity contribution in [3.8, 4) is 0 Å². The van der Waals surface area contributed by atoms with Gasteiger partial charge in [0.05, 0.1) is 6.61 Å². The minimum absolute atomic E-state index is 0.189. The fourth-order valence-electron chi connectivity index (χ4n) is 1.06. The molecule has 0 spiro atoms. The molecule has 0 heterocycles. The predicted octanol–water partition coefficient (Wildman–Crippen LogP) is 2.90. The van der Waals surface area contributed by atoms with Crippen molar-refractivity contribution >= 4 is 0 Å². The Labute approximate surface area is 70.1 Å². The third-order valence-electron chi connectivity index (χ3n) is 1.75. The molecule has 0 aliphatic carbocycles. The second-order valence-corrected chi connectivity index (χ2v) is 2.86. The zero-order chi connectivity index (χ0) is 8.36. The molecule has 0 bridgehead atoms. The summed E-state index contributed by atoms with van der Waals surface area (Å²) in [6.45, 7) is 2.42. The maximum Gasteiger partial charge on any atom is 0.0612 e. The van der Waals surface area contributed by atoms with Gasteiger partial charge < -0.3 is 5.11 Å². The van der Waals surface area contributed by atoms with Gasteiger partial charge in [0.2, 0.25) is 0 Å². The summed E-state index contributed by atoms with van der Waals surface area (Å²) in [5.74, 6) is 0. The second-order valence-electron chi connectivity index (χ2n) is 2.86. The number of aliphatic hydroxyl groups excluding tert-OH is 1. The third kappa shape index (κ3) is 9.70. The van der Waals surface area contributed by atoms with E-state index in [1.54, 1.807) is 0 Å². The SMILES string of the molecule is CCCCCCCC=CCO. The van der Waals surface area contributed by atoms with Crippen LogP contribution in [0, 0.1) is 0 Å². The molecule has 0 unspecified atom stereocenters. The van der Waals surface area contributed by atoms with E-state index in [9.17, 15) is 0 Å². The molecule has 0 aliphatic rings. The Balaban J connectivity index is 2.85. The molecule has 0 rings (SSSR count). The van der Waals surface area contributed by atoms with Crippen molar-refractivity contribution in [2.24, 2.45) is 0 Å².